The van der Waals surface area contributed by atoms with Crippen LogP contribution >= 0.6 is 0 Å². The first kappa shape index (κ1) is 18.7. The number of aliphatic hydroxyl groups excluding tert-OH is 1. The largest absolute Gasteiger partial charge is 0.481 e. The molecule has 2 aromatic carbocycles. The third-order valence-corrected chi connectivity index (χ3v) is 4.05. The van der Waals surface area contributed by atoms with E-state index in [2.05, 4.69) is 0 Å². The fraction of sp³-hybridized carbons (Fsp3) is 0.300. The molecule has 5 nitrogen and oxygen atoms in total. The highest BCUT2D eigenvalue weighted by atomic mass is 16.5. The normalized spacial score (nSPS) is 11.8. The molecule has 0 amide bonds. The minimum atomic E-state index is -0.819. The van der Waals surface area contributed by atoms with Gasteiger partial charge in [-0.05, 0) is 48.1 Å². The monoisotopic (exact) mass is 342 g/mol. The summed E-state index contributed by atoms with van der Waals surface area (Å²) in [6, 6.07) is 14.6. The third-order valence-electron chi connectivity index (χ3n) is 4.05. The molecule has 2 rings (SSSR count). The van der Waals surface area contributed by atoms with E-state index in [1.165, 1.54) is 7.11 Å². The molecule has 0 aromatic heterocycles. The molecule has 0 aliphatic heterocycles. The lowest BCUT2D eigenvalue weighted by atomic mass is 9.93. The first-order valence-electron chi connectivity index (χ1n) is 8.20. The van der Waals surface area contributed by atoms with Gasteiger partial charge in [-0.3, -0.25) is 4.79 Å². The molecule has 25 heavy (non-hydrogen) atoms. The molecule has 132 valence electrons. The van der Waals surface area contributed by atoms with Crippen molar-refractivity contribution in [3.8, 4) is 11.1 Å². The van der Waals surface area contributed by atoms with Gasteiger partial charge in [-0.2, -0.15) is 0 Å². The second-order valence-corrected chi connectivity index (χ2v) is 5.81. The number of carboxylic acids is 1. The van der Waals surface area contributed by atoms with Crippen LogP contribution < -0.4 is 0 Å². The molecule has 0 aliphatic carbocycles. The molecule has 2 aromatic rings. The van der Waals surface area contributed by atoms with Crippen LogP contribution in [0.4, 0.5) is 0 Å². The molecule has 1 unspecified atom stereocenters. The summed E-state index contributed by atoms with van der Waals surface area (Å²) in [6.07, 6.45) is 1.14. The quantitative estimate of drug-likeness (QED) is 0.563. The Morgan fingerprint density at radius 2 is 1.72 bits per heavy atom. The van der Waals surface area contributed by atoms with E-state index in [4.69, 9.17) is 9.84 Å². The molecule has 5 heteroatoms. The standard InChI is InChI=1S/C20H22O5/c1-25-20(24)15-12-10-14(11-13-15)16-6-2-3-7-17(16)18(21)8-4-5-9-19(22)23/h2-3,6-7,10-13,18,21H,4-5,8-9H2,1H3,(H,22,23). The van der Waals surface area contributed by atoms with E-state index in [9.17, 15) is 14.7 Å². The van der Waals surface area contributed by atoms with E-state index in [1.807, 2.05) is 36.4 Å². The van der Waals surface area contributed by atoms with Crippen molar-refractivity contribution in [3.63, 3.8) is 0 Å². The number of hydrogen-bond acceptors (Lipinski definition) is 4. The van der Waals surface area contributed by atoms with Gasteiger partial charge in [0.15, 0.2) is 0 Å². The predicted octanol–water partition coefficient (Wildman–Crippen LogP) is 3.82. The second kappa shape index (κ2) is 8.99. The SMILES string of the molecule is COC(=O)c1ccc(-c2ccccc2C(O)CCCCC(=O)O)cc1. The maximum absolute atomic E-state index is 11.5. The van der Waals surface area contributed by atoms with Crippen molar-refractivity contribution in [2.24, 2.45) is 0 Å². The van der Waals surface area contributed by atoms with Crippen molar-refractivity contribution in [2.45, 2.75) is 31.8 Å². The number of carbonyl (C=O) groups is 2. The summed E-state index contributed by atoms with van der Waals surface area (Å²) in [4.78, 5) is 22.1. The number of methoxy groups -OCH3 is 1. The molecule has 1 atom stereocenters. The summed E-state index contributed by atoms with van der Waals surface area (Å²) in [5, 5.41) is 19.2. The average molecular weight is 342 g/mol. The molecule has 0 fully saturated rings. The van der Waals surface area contributed by atoms with Crippen molar-refractivity contribution in [1.29, 1.82) is 0 Å². The Kier molecular flexibility index (Phi) is 6.71. The smallest absolute Gasteiger partial charge is 0.337 e. The number of ether oxygens (including phenoxy) is 1. The molecular weight excluding hydrogens is 320 g/mol. The van der Waals surface area contributed by atoms with Crippen LogP contribution in [0.3, 0.4) is 0 Å². The van der Waals surface area contributed by atoms with Gasteiger partial charge in [0.2, 0.25) is 0 Å². The van der Waals surface area contributed by atoms with Crippen molar-refractivity contribution in [3.05, 3.63) is 59.7 Å². The van der Waals surface area contributed by atoms with Crippen LogP contribution in [-0.4, -0.2) is 29.3 Å². The molecule has 0 aliphatic rings. The van der Waals surface area contributed by atoms with Gasteiger partial charge in [0.05, 0.1) is 18.8 Å². The molecule has 0 saturated heterocycles. The number of carbonyl (C=O) groups excluding carboxylic acids is 1. The highest BCUT2D eigenvalue weighted by Crippen LogP contribution is 2.31. The van der Waals surface area contributed by atoms with Crippen LogP contribution in [0.5, 0.6) is 0 Å². The highest BCUT2D eigenvalue weighted by Gasteiger charge is 2.14. The maximum Gasteiger partial charge on any atom is 0.337 e. The second-order valence-electron chi connectivity index (χ2n) is 5.81. The van der Waals surface area contributed by atoms with E-state index in [-0.39, 0.29) is 6.42 Å². The molecule has 0 saturated carbocycles. The van der Waals surface area contributed by atoms with Crippen molar-refractivity contribution >= 4 is 11.9 Å². The van der Waals surface area contributed by atoms with Crippen LogP contribution in [0.1, 0.15) is 47.7 Å². The third kappa shape index (κ3) is 5.16. The van der Waals surface area contributed by atoms with Crippen LogP contribution in [0.25, 0.3) is 11.1 Å². The Balaban J connectivity index is 2.14. The summed E-state index contributed by atoms with van der Waals surface area (Å²) in [6.45, 7) is 0. The Labute approximate surface area is 146 Å². The molecule has 0 heterocycles. The maximum atomic E-state index is 11.5. The van der Waals surface area contributed by atoms with Crippen molar-refractivity contribution < 1.29 is 24.5 Å². The molecule has 0 bridgehead atoms. The van der Waals surface area contributed by atoms with Gasteiger partial charge in [-0.15, -0.1) is 0 Å². The van der Waals surface area contributed by atoms with E-state index in [0.717, 1.165) is 16.7 Å². The number of aliphatic carboxylic acids is 1. The van der Waals surface area contributed by atoms with Gasteiger partial charge in [0.1, 0.15) is 0 Å². The van der Waals surface area contributed by atoms with Crippen LogP contribution in [0.2, 0.25) is 0 Å². The summed E-state index contributed by atoms with van der Waals surface area (Å²) < 4.78 is 4.69. The summed E-state index contributed by atoms with van der Waals surface area (Å²) in [5.41, 5.74) is 3.05. The molecular formula is C20H22O5. The zero-order valence-corrected chi connectivity index (χ0v) is 14.1. The summed E-state index contributed by atoms with van der Waals surface area (Å²) in [5.74, 6) is -1.21. The lowest BCUT2D eigenvalue weighted by Gasteiger charge is -2.16. The van der Waals surface area contributed by atoms with Crippen molar-refractivity contribution in [1.82, 2.24) is 0 Å². The van der Waals surface area contributed by atoms with Crippen LogP contribution in [-0.2, 0) is 9.53 Å². The number of aliphatic hydroxyl groups is 1. The van der Waals surface area contributed by atoms with Gasteiger partial charge >= 0.3 is 11.9 Å². The molecule has 0 radical (unpaired) electrons. The Morgan fingerprint density at radius 3 is 2.36 bits per heavy atom. The van der Waals surface area contributed by atoms with Gasteiger partial charge in [-0.1, -0.05) is 36.4 Å². The number of benzene rings is 2. The minimum Gasteiger partial charge on any atom is -0.481 e. The Morgan fingerprint density at radius 1 is 1.04 bits per heavy atom. The summed E-state index contributed by atoms with van der Waals surface area (Å²) >= 11 is 0. The van der Waals surface area contributed by atoms with E-state index in [0.29, 0.717) is 24.8 Å². The van der Waals surface area contributed by atoms with Crippen LogP contribution in [0.15, 0.2) is 48.5 Å². The number of esters is 1. The van der Waals surface area contributed by atoms with Gasteiger partial charge in [0, 0.05) is 6.42 Å². The van der Waals surface area contributed by atoms with E-state index in [1.54, 1.807) is 12.1 Å². The van der Waals surface area contributed by atoms with Gasteiger partial charge in [-0.25, -0.2) is 4.79 Å². The number of carboxylic acid groups (broad SMARTS) is 1. The number of hydrogen-bond donors (Lipinski definition) is 2. The predicted molar refractivity (Wildman–Crippen MR) is 94.3 cm³/mol. The average Bonchev–Trinajstić information content (AvgIpc) is 2.64. The summed E-state index contributed by atoms with van der Waals surface area (Å²) in [7, 11) is 1.34. The Hall–Kier alpha value is -2.66. The number of unbranched alkanes of at least 4 members (excludes halogenated alkanes) is 1. The molecule has 2 N–H and O–H groups in total. The van der Waals surface area contributed by atoms with Gasteiger partial charge < -0.3 is 14.9 Å². The lowest BCUT2D eigenvalue weighted by Crippen LogP contribution is -2.02. The molecule has 0 spiro atoms. The minimum absolute atomic E-state index is 0.114. The van der Waals surface area contributed by atoms with Gasteiger partial charge in [0.25, 0.3) is 0 Å². The zero-order chi connectivity index (χ0) is 18.2. The topological polar surface area (TPSA) is 83.8 Å². The van der Waals surface area contributed by atoms with Crippen molar-refractivity contribution in [2.75, 3.05) is 7.11 Å². The highest BCUT2D eigenvalue weighted by molar-refractivity contribution is 5.90. The Bertz CT molecular complexity index is 721. The first-order valence-corrected chi connectivity index (χ1v) is 8.20. The van der Waals surface area contributed by atoms with E-state index >= 15 is 0 Å². The lowest BCUT2D eigenvalue weighted by molar-refractivity contribution is -0.137. The van der Waals surface area contributed by atoms with E-state index < -0.39 is 18.0 Å². The zero-order valence-electron chi connectivity index (χ0n) is 14.1. The number of rotatable bonds is 8. The van der Waals surface area contributed by atoms with Crippen LogP contribution in [0, 0.1) is 0 Å². The first-order chi connectivity index (χ1) is 12.0. The fourth-order valence-corrected chi connectivity index (χ4v) is 2.72. The fourth-order valence-electron chi connectivity index (χ4n) is 2.72.